The van der Waals surface area contributed by atoms with Gasteiger partial charge in [0.15, 0.2) is 8.32 Å². The molecule has 0 amide bonds. The van der Waals surface area contributed by atoms with Gasteiger partial charge in [-0.05, 0) is 73.6 Å². The molecule has 0 unspecified atom stereocenters. The largest absolute Gasteiger partial charge is 0.411 e. The first-order valence-corrected chi connectivity index (χ1v) is 15.3. The Labute approximate surface area is 169 Å². The molecule has 1 saturated heterocycles. The zero-order chi connectivity index (χ0) is 18.8. The Morgan fingerprint density at radius 1 is 1.15 bits per heavy atom. The quantitative estimate of drug-likeness (QED) is 0.467. The first-order chi connectivity index (χ1) is 12.1. The molecular weight excluding hydrogens is 376 g/mol. The van der Waals surface area contributed by atoms with Crippen LogP contribution in [0, 0.1) is 17.3 Å². The van der Waals surface area contributed by atoms with Crippen molar-refractivity contribution in [1.82, 2.24) is 0 Å². The molecule has 5 heteroatoms. The van der Waals surface area contributed by atoms with Crippen LogP contribution in [0.1, 0.15) is 52.9 Å². The van der Waals surface area contributed by atoms with E-state index in [1.165, 1.54) is 30.8 Å². The van der Waals surface area contributed by atoms with Gasteiger partial charge in [-0.1, -0.05) is 32.9 Å². The third-order valence-electron chi connectivity index (χ3n) is 8.03. The maximum atomic E-state index is 11.0. The molecule has 26 heavy (non-hydrogen) atoms. The number of rotatable bonds is 2. The van der Waals surface area contributed by atoms with Crippen molar-refractivity contribution in [3.05, 3.63) is 12.2 Å². The van der Waals surface area contributed by atoms with Gasteiger partial charge < -0.3 is 9.53 Å². The molecule has 2 nitrogen and oxygen atoms in total. The molecule has 0 aromatic carbocycles. The summed E-state index contributed by atoms with van der Waals surface area (Å²) in [6, 6.07) is 0. The SMILES string of the molecule is CC(C)(C)[Si](C)(C)O[C@@H]1C=C[C@@]23[C@@H](C1)CC1(SCCCS1)[C@H]2CC[C@H]3O. The van der Waals surface area contributed by atoms with E-state index in [0.29, 0.717) is 15.9 Å². The highest BCUT2D eigenvalue weighted by molar-refractivity contribution is 8.18. The number of hydrogen-bond donors (Lipinski definition) is 1. The Morgan fingerprint density at radius 2 is 1.85 bits per heavy atom. The fourth-order valence-corrected chi connectivity index (χ4v) is 11.0. The predicted molar refractivity (Wildman–Crippen MR) is 117 cm³/mol. The molecule has 5 atom stereocenters. The van der Waals surface area contributed by atoms with Crippen LogP contribution in [0.3, 0.4) is 0 Å². The molecule has 0 radical (unpaired) electrons. The summed E-state index contributed by atoms with van der Waals surface area (Å²) in [6.45, 7) is 11.7. The minimum atomic E-state index is -1.76. The zero-order valence-electron chi connectivity index (χ0n) is 17.1. The second kappa shape index (κ2) is 6.55. The molecule has 4 aliphatic rings. The fourth-order valence-electron chi connectivity index (χ4n) is 5.71. The maximum Gasteiger partial charge on any atom is 0.192 e. The minimum Gasteiger partial charge on any atom is -0.411 e. The van der Waals surface area contributed by atoms with Gasteiger partial charge in [-0.25, -0.2) is 0 Å². The van der Waals surface area contributed by atoms with Gasteiger partial charge in [-0.15, -0.1) is 23.5 Å². The summed E-state index contributed by atoms with van der Waals surface area (Å²) in [6.07, 6.45) is 10.8. The van der Waals surface area contributed by atoms with Crippen LogP contribution in [0.15, 0.2) is 12.2 Å². The number of aliphatic hydroxyl groups is 1. The summed E-state index contributed by atoms with van der Waals surface area (Å²) in [7, 11) is -1.76. The van der Waals surface area contributed by atoms with Crippen LogP contribution in [0.5, 0.6) is 0 Å². The highest BCUT2D eigenvalue weighted by Crippen LogP contribution is 2.72. The second-order valence-electron chi connectivity index (χ2n) is 10.4. The lowest BCUT2D eigenvalue weighted by molar-refractivity contribution is 0.0190. The Hall–Kier alpha value is 0.577. The predicted octanol–water partition coefficient (Wildman–Crippen LogP) is 5.68. The Balaban J connectivity index is 1.60. The molecule has 0 bridgehead atoms. The van der Waals surface area contributed by atoms with Gasteiger partial charge >= 0.3 is 0 Å². The van der Waals surface area contributed by atoms with Gasteiger partial charge in [0.2, 0.25) is 0 Å². The van der Waals surface area contributed by atoms with Gasteiger partial charge in [0.25, 0.3) is 0 Å². The molecule has 1 heterocycles. The van der Waals surface area contributed by atoms with Gasteiger partial charge in [-0.2, -0.15) is 0 Å². The van der Waals surface area contributed by atoms with E-state index < -0.39 is 8.32 Å². The summed E-state index contributed by atoms with van der Waals surface area (Å²) in [5.41, 5.74) is 0.0324. The zero-order valence-corrected chi connectivity index (χ0v) is 19.7. The van der Waals surface area contributed by atoms with Crippen molar-refractivity contribution in [1.29, 1.82) is 0 Å². The van der Waals surface area contributed by atoms with E-state index in [1.807, 2.05) is 0 Å². The molecule has 148 valence electrons. The molecule has 0 aromatic heterocycles. The lowest BCUT2D eigenvalue weighted by Crippen LogP contribution is -2.47. The molecule has 3 fully saturated rings. The fraction of sp³-hybridized carbons (Fsp3) is 0.905. The standard InChI is InChI=1S/C21H36O2S2Si/c1-19(2,3)26(4,5)23-16-9-10-20-15(13-16)14-21(24-11-6-12-25-21)17(20)7-8-18(20)22/h9-10,15-18,22H,6-8,11-14H2,1-5H3/t15-,16+,17-,18+,20+/m0/s1. The van der Waals surface area contributed by atoms with Gasteiger partial charge in [0, 0.05) is 5.41 Å². The van der Waals surface area contributed by atoms with Crippen LogP contribution in [0.2, 0.25) is 18.1 Å². The Morgan fingerprint density at radius 3 is 2.50 bits per heavy atom. The summed E-state index contributed by atoms with van der Waals surface area (Å²) in [5, 5.41) is 11.3. The lowest BCUT2D eigenvalue weighted by atomic mass is 9.67. The van der Waals surface area contributed by atoms with Crippen molar-refractivity contribution >= 4 is 31.8 Å². The average Bonchev–Trinajstić information content (AvgIpc) is 3.01. The first-order valence-electron chi connectivity index (χ1n) is 10.4. The van der Waals surface area contributed by atoms with Crippen molar-refractivity contribution in [3.8, 4) is 0 Å². The number of fused-ring (bicyclic) bond motifs is 1. The van der Waals surface area contributed by atoms with Crippen LogP contribution in [0.25, 0.3) is 0 Å². The van der Waals surface area contributed by atoms with Gasteiger partial charge in [0.1, 0.15) is 0 Å². The highest BCUT2D eigenvalue weighted by atomic mass is 32.2. The van der Waals surface area contributed by atoms with Crippen molar-refractivity contribution in [2.75, 3.05) is 11.5 Å². The van der Waals surface area contributed by atoms with E-state index >= 15 is 0 Å². The highest BCUT2D eigenvalue weighted by Gasteiger charge is 2.67. The van der Waals surface area contributed by atoms with Gasteiger partial charge in [0.05, 0.1) is 16.3 Å². The van der Waals surface area contributed by atoms with E-state index in [9.17, 15) is 5.11 Å². The molecule has 2 spiro atoms. The van der Waals surface area contributed by atoms with Crippen molar-refractivity contribution < 1.29 is 9.53 Å². The van der Waals surface area contributed by atoms with Crippen molar-refractivity contribution in [3.63, 3.8) is 0 Å². The van der Waals surface area contributed by atoms with Crippen LogP contribution in [-0.2, 0) is 4.43 Å². The molecule has 4 rings (SSSR count). The van der Waals surface area contributed by atoms with E-state index in [2.05, 4.69) is 69.5 Å². The van der Waals surface area contributed by atoms with Crippen LogP contribution >= 0.6 is 23.5 Å². The topological polar surface area (TPSA) is 29.5 Å². The third-order valence-corrected chi connectivity index (χ3v) is 16.1. The average molecular weight is 413 g/mol. The molecule has 3 aliphatic carbocycles. The maximum absolute atomic E-state index is 11.0. The van der Waals surface area contributed by atoms with Crippen molar-refractivity contribution in [2.45, 2.75) is 87.3 Å². The van der Waals surface area contributed by atoms with Gasteiger partial charge in [-0.3, -0.25) is 0 Å². The summed E-state index contributed by atoms with van der Waals surface area (Å²) >= 11 is 4.43. The first kappa shape index (κ1) is 19.9. The van der Waals surface area contributed by atoms with E-state index in [-0.39, 0.29) is 22.7 Å². The summed E-state index contributed by atoms with van der Waals surface area (Å²) in [4.78, 5) is 0. The molecule has 2 saturated carbocycles. The number of aliphatic hydroxyl groups excluding tert-OH is 1. The Kier molecular flexibility index (Phi) is 5.00. The normalized spacial score (nSPS) is 42.1. The second-order valence-corrected chi connectivity index (χ2v) is 18.3. The molecular formula is C21H36O2S2Si. The monoisotopic (exact) mass is 412 g/mol. The number of thioether (sulfide) groups is 2. The van der Waals surface area contributed by atoms with E-state index in [0.717, 1.165) is 12.8 Å². The van der Waals surface area contributed by atoms with Crippen molar-refractivity contribution in [2.24, 2.45) is 17.3 Å². The minimum absolute atomic E-state index is 0.0324. The molecule has 1 N–H and O–H groups in total. The molecule has 0 aromatic rings. The van der Waals surface area contributed by atoms with Crippen LogP contribution in [0.4, 0.5) is 0 Å². The van der Waals surface area contributed by atoms with E-state index in [1.54, 1.807) is 0 Å². The smallest absolute Gasteiger partial charge is 0.192 e. The summed E-state index contributed by atoms with van der Waals surface area (Å²) in [5.74, 6) is 3.84. The number of hydrogen-bond acceptors (Lipinski definition) is 4. The van der Waals surface area contributed by atoms with Crippen LogP contribution < -0.4 is 0 Å². The third kappa shape index (κ3) is 2.90. The summed E-state index contributed by atoms with van der Waals surface area (Å²) < 4.78 is 7.12. The Bertz CT molecular complexity index is 579. The van der Waals surface area contributed by atoms with E-state index in [4.69, 9.17) is 4.43 Å². The molecule has 1 aliphatic heterocycles. The van der Waals surface area contributed by atoms with Crippen LogP contribution in [-0.4, -0.2) is 41.2 Å². The lowest BCUT2D eigenvalue weighted by Gasteiger charge is -2.45.